The normalized spacial score (nSPS) is 24.1. The molecule has 1 rings (SSSR count). The van der Waals surface area contributed by atoms with E-state index in [1.165, 1.54) is 0 Å². The first-order valence-corrected chi connectivity index (χ1v) is 6.63. The van der Waals surface area contributed by atoms with E-state index in [9.17, 15) is 13.2 Å². The maximum atomic E-state index is 11.5. The van der Waals surface area contributed by atoms with Crippen molar-refractivity contribution in [2.45, 2.75) is 24.5 Å². The number of hydrogen-bond donors (Lipinski definition) is 3. The van der Waals surface area contributed by atoms with E-state index in [0.717, 1.165) is 6.42 Å². The van der Waals surface area contributed by atoms with Gasteiger partial charge in [-0.25, -0.2) is 8.42 Å². The van der Waals surface area contributed by atoms with Gasteiger partial charge in [0.1, 0.15) is 5.25 Å². The molecule has 1 saturated heterocycles. The number of amides is 1. The third-order valence-corrected chi connectivity index (χ3v) is 4.46. The summed E-state index contributed by atoms with van der Waals surface area (Å²) >= 11 is 4.48. The van der Waals surface area contributed by atoms with Crippen LogP contribution in [0.2, 0.25) is 0 Å². The van der Waals surface area contributed by atoms with Gasteiger partial charge in [0.05, 0.1) is 5.75 Å². The van der Waals surface area contributed by atoms with Crippen LogP contribution in [0.1, 0.15) is 19.3 Å². The van der Waals surface area contributed by atoms with E-state index in [0.29, 0.717) is 12.8 Å². The van der Waals surface area contributed by atoms with Crippen LogP contribution >= 0.6 is 12.2 Å². The van der Waals surface area contributed by atoms with Gasteiger partial charge in [0.25, 0.3) is 5.91 Å². The fourth-order valence-corrected chi connectivity index (χ4v) is 3.31. The standard InChI is InChI=1S/C7H13N3O3S2/c8-7(14)10-9-6(11)5-3-1-2-4-15(5,12)13/h5H,1-4H2,(H,9,11)(H3,8,10,14). The first kappa shape index (κ1) is 12.2. The van der Waals surface area contributed by atoms with Crippen LogP contribution in [0.15, 0.2) is 0 Å². The lowest BCUT2D eigenvalue weighted by atomic mass is 10.2. The summed E-state index contributed by atoms with van der Waals surface area (Å²) in [6.07, 6.45) is 1.71. The highest BCUT2D eigenvalue weighted by Crippen LogP contribution is 2.19. The Kier molecular flexibility index (Phi) is 3.86. The number of sulfone groups is 1. The van der Waals surface area contributed by atoms with Crippen molar-refractivity contribution >= 4 is 33.1 Å². The maximum Gasteiger partial charge on any atom is 0.256 e. The molecule has 1 amide bonds. The van der Waals surface area contributed by atoms with E-state index in [-0.39, 0.29) is 10.9 Å². The van der Waals surface area contributed by atoms with Crippen molar-refractivity contribution < 1.29 is 13.2 Å². The number of nitrogens with one attached hydrogen (secondary N) is 2. The number of carbonyl (C=O) groups excluding carboxylic acids is 1. The molecule has 0 bridgehead atoms. The van der Waals surface area contributed by atoms with Crippen molar-refractivity contribution in [3.8, 4) is 0 Å². The van der Waals surface area contributed by atoms with Crippen molar-refractivity contribution in [1.82, 2.24) is 10.9 Å². The SMILES string of the molecule is NC(=S)NNC(=O)C1CCCCS1(=O)=O. The molecule has 15 heavy (non-hydrogen) atoms. The molecule has 0 aromatic heterocycles. The zero-order valence-corrected chi connectivity index (χ0v) is 9.66. The average molecular weight is 251 g/mol. The first-order valence-electron chi connectivity index (χ1n) is 4.50. The lowest BCUT2D eigenvalue weighted by Gasteiger charge is -2.21. The molecule has 1 atom stereocenters. The van der Waals surface area contributed by atoms with Crippen molar-refractivity contribution in [3.63, 3.8) is 0 Å². The summed E-state index contributed by atoms with van der Waals surface area (Å²) in [5.41, 5.74) is 9.49. The largest absolute Gasteiger partial charge is 0.375 e. The molecule has 0 aromatic carbocycles. The van der Waals surface area contributed by atoms with Crippen LogP contribution in [0.5, 0.6) is 0 Å². The quantitative estimate of drug-likeness (QED) is 0.400. The van der Waals surface area contributed by atoms with Gasteiger partial charge in [-0.05, 0) is 25.1 Å². The van der Waals surface area contributed by atoms with Crippen LogP contribution in [-0.2, 0) is 14.6 Å². The Hall–Kier alpha value is -0.890. The molecule has 86 valence electrons. The summed E-state index contributed by atoms with van der Waals surface area (Å²) in [4.78, 5) is 11.5. The first-order chi connectivity index (χ1) is 6.93. The predicted octanol–water partition coefficient (Wildman–Crippen LogP) is -1.18. The number of carbonyl (C=O) groups is 1. The third kappa shape index (κ3) is 3.31. The topological polar surface area (TPSA) is 101 Å². The van der Waals surface area contributed by atoms with Gasteiger partial charge in [-0.1, -0.05) is 6.42 Å². The second-order valence-corrected chi connectivity index (χ2v) is 6.07. The van der Waals surface area contributed by atoms with Gasteiger partial charge in [0, 0.05) is 0 Å². The highest BCUT2D eigenvalue weighted by Gasteiger charge is 2.34. The van der Waals surface area contributed by atoms with Crippen LogP contribution in [0, 0.1) is 0 Å². The molecular weight excluding hydrogens is 238 g/mol. The Balaban J connectivity index is 2.61. The molecule has 1 unspecified atom stereocenters. The molecule has 1 fully saturated rings. The van der Waals surface area contributed by atoms with Crippen molar-refractivity contribution in [2.75, 3.05) is 5.75 Å². The van der Waals surface area contributed by atoms with E-state index < -0.39 is 21.0 Å². The monoisotopic (exact) mass is 251 g/mol. The smallest absolute Gasteiger partial charge is 0.256 e. The highest BCUT2D eigenvalue weighted by atomic mass is 32.2. The molecule has 8 heteroatoms. The summed E-state index contributed by atoms with van der Waals surface area (Å²) in [6, 6.07) is 0. The fourth-order valence-electron chi connectivity index (χ4n) is 1.45. The molecule has 0 aliphatic carbocycles. The lowest BCUT2D eigenvalue weighted by molar-refractivity contribution is -0.121. The van der Waals surface area contributed by atoms with Crippen molar-refractivity contribution in [2.24, 2.45) is 5.73 Å². The van der Waals surface area contributed by atoms with Gasteiger partial charge in [-0.15, -0.1) is 0 Å². The summed E-state index contributed by atoms with van der Waals surface area (Å²) in [5, 5.41) is -1.08. The molecule has 1 aliphatic heterocycles. The Morgan fingerprint density at radius 1 is 1.33 bits per heavy atom. The van der Waals surface area contributed by atoms with Crippen LogP contribution < -0.4 is 16.6 Å². The maximum absolute atomic E-state index is 11.5. The minimum Gasteiger partial charge on any atom is -0.375 e. The van der Waals surface area contributed by atoms with Crippen LogP contribution in [-0.4, -0.2) is 30.4 Å². The minimum absolute atomic E-state index is 0.0676. The molecule has 0 saturated carbocycles. The van der Waals surface area contributed by atoms with E-state index >= 15 is 0 Å². The number of rotatable bonds is 1. The number of hydrogen-bond acceptors (Lipinski definition) is 4. The second-order valence-electron chi connectivity index (χ2n) is 3.33. The minimum atomic E-state index is -3.31. The fraction of sp³-hybridized carbons (Fsp3) is 0.714. The molecule has 1 aliphatic rings. The molecule has 0 aromatic rings. The summed E-state index contributed by atoms with van der Waals surface area (Å²) < 4.78 is 23.0. The molecule has 0 spiro atoms. The van der Waals surface area contributed by atoms with E-state index in [1.807, 2.05) is 0 Å². The van der Waals surface area contributed by atoms with E-state index in [2.05, 4.69) is 23.1 Å². The number of thiocarbonyl (C=S) groups is 1. The van der Waals surface area contributed by atoms with Crippen molar-refractivity contribution in [3.05, 3.63) is 0 Å². The number of nitrogens with two attached hydrogens (primary N) is 1. The molecule has 4 N–H and O–H groups in total. The zero-order valence-electron chi connectivity index (χ0n) is 8.02. The Bertz CT molecular complexity index is 366. The van der Waals surface area contributed by atoms with Gasteiger partial charge in [0.2, 0.25) is 0 Å². The molecular formula is C7H13N3O3S2. The predicted molar refractivity (Wildman–Crippen MR) is 59.5 cm³/mol. The summed E-state index contributed by atoms with van der Waals surface area (Å²) in [7, 11) is -3.31. The molecule has 1 heterocycles. The van der Waals surface area contributed by atoms with Crippen LogP contribution in [0.3, 0.4) is 0 Å². The summed E-state index contributed by atoms with van der Waals surface area (Å²) in [5.74, 6) is -0.527. The zero-order chi connectivity index (χ0) is 11.5. The van der Waals surface area contributed by atoms with E-state index in [4.69, 9.17) is 5.73 Å². The molecule has 6 nitrogen and oxygen atoms in total. The number of hydrazine groups is 1. The van der Waals surface area contributed by atoms with Crippen LogP contribution in [0.4, 0.5) is 0 Å². The highest BCUT2D eigenvalue weighted by molar-refractivity contribution is 7.92. The van der Waals surface area contributed by atoms with Gasteiger partial charge < -0.3 is 5.73 Å². The second kappa shape index (κ2) is 4.75. The van der Waals surface area contributed by atoms with Gasteiger partial charge in [-0.3, -0.25) is 15.6 Å². The van der Waals surface area contributed by atoms with Crippen LogP contribution in [0.25, 0.3) is 0 Å². The Morgan fingerprint density at radius 3 is 2.53 bits per heavy atom. The van der Waals surface area contributed by atoms with Crippen molar-refractivity contribution in [1.29, 1.82) is 0 Å². The summed E-state index contributed by atoms with van der Waals surface area (Å²) in [6.45, 7) is 0. The van der Waals surface area contributed by atoms with E-state index in [1.54, 1.807) is 0 Å². The molecule has 0 radical (unpaired) electrons. The lowest BCUT2D eigenvalue weighted by Crippen LogP contribution is -2.51. The van der Waals surface area contributed by atoms with Gasteiger partial charge in [0.15, 0.2) is 14.9 Å². The Morgan fingerprint density at radius 2 is 2.00 bits per heavy atom. The van der Waals surface area contributed by atoms with Gasteiger partial charge >= 0.3 is 0 Å². The third-order valence-electron chi connectivity index (χ3n) is 2.18. The average Bonchev–Trinajstić information content (AvgIpc) is 2.13. The van der Waals surface area contributed by atoms with Gasteiger partial charge in [-0.2, -0.15) is 0 Å². The Labute approximate surface area is 93.5 Å².